The Morgan fingerprint density at radius 2 is 1.88 bits per heavy atom. The van der Waals surface area contributed by atoms with Crippen LogP contribution in [-0.4, -0.2) is 59.1 Å². The number of amides is 1. The number of ether oxygens (including phenoxy) is 1. The van der Waals surface area contributed by atoms with Crippen LogP contribution in [-0.2, 0) is 6.54 Å². The number of carbonyl (C=O) groups excluding carboxylic acids is 1. The van der Waals surface area contributed by atoms with Crippen LogP contribution in [0.25, 0.3) is 0 Å². The zero-order valence-corrected chi connectivity index (χ0v) is 25.2. The lowest BCUT2D eigenvalue weighted by Gasteiger charge is -2.42. The number of benzene rings is 1. The molecule has 0 aliphatic carbocycles. The first-order valence-electron chi connectivity index (χ1n) is 14.3. The zero-order valence-electron chi connectivity index (χ0n) is 24.4. The van der Waals surface area contributed by atoms with E-state index in [0.717, 1.165) is 50.2 Å². The first-order chi connectivity index (χ1) is 19.3. The summed E-state index contributed by atoms with van der Waals surface area (Å²) < 4.78 is 5.68. The predicted molar refractivity (Wildman–Crippen MR) is 162 cm³/mol. The van der Waals surface area contributed by atoms with Gasteiger partial charge in [0.1, 0.15) is 10.9 Å². The van der Waals surface area contributed by atoms with Gasteiger partial charge in [0.2, 0.25) is 0 Å². The highest BCUT2D eigenvalue weighted by molar-refractivity contribution is 6.29. The van der Waals surface area contributed by atoms with Crippen LogP contribution in [0.5, 0.6) is 5.75 Å². The van der Waals surface area contributed by atoms with E-state index in [-0.39, 0.29) is 5.91 Å². The van der Waals surface area contributed by atoms with Crippen molar-refractivity contribution in [2.24, 2.45) is 0 Å². The molecule has 1 amide bonds. The van der Waals surface area contributed by atoms with Gasteiger partial charge >= 0.3 is 0 Å². The van der Waals surface area contributed by atoms with Gasteiger partial charge in [-0.05, 0) is 107 Å². The van der Waals surface area contributed by atoms with Gasteiger partial charge < -0.3 is 19.9 Å². The van der Waals surface area contributed by atoms with Crippen molar-refractivity contribution < 1.29 is 9.53 Å². The van der Waals surface area contributed by atoms with Gasteiger partial charge in [-0.15, -0.1) is 0 Å². The van der Waals surface area contributed by atoms with E-state index in [2.05, 4.69) is 69.3 Å². The number of aromatic nitrogens is 2. The Hall–Kier alpha value is -3.16. The first-order valence-corrected chi connectivity index (χ1v) is 14.7. The molecule has 0 saturated carbocycles. The van der Waals surface area contributed by atoms with Crippen molar-refractivity contribution in [1.82, 2.24) is 20.2 Å². The maximum Gasteiger partial charge on any atom is 0.253 e. The monoisotopic (exact) mass is 563 g/mol. The molecule has 214 valence electrons. The van der Waals surface area contributed by atoms with E-state index in [1.54, 1.807) is 6.07 Å². The minimum absolute atomic E-state index is 0.0817. The smallest absolute Gasteiger partial charge is 0.253 e. The zero-order chi connectivity index (χ0) is 28.6. The van der Waals surface area contributed by atoms with E-state index >= 15 is 0 Å². The summed E-state index contributed by atoms with van der Waals surface area (Å²) in [6.45, 7) is 14.3. The van der Waals surface area contributed by atoms with Crippen LogP contribution < -0.4 is 15.0 Å². The highest BCUT2D eigenvalue weighted by Crippen LogP contribution is 2.29. The third-order valence-electron chi connectivity index (χ3n) is 7.97. The molecule has 1 aliphatic heterocycles. The normalized spacial score (nSPS) is 15.1. The second-order valence-corrected chi connectivity index (χ2v) is 11.1. The lowest BCUT2D eigenvalue weighted by Crippen LogP contribution is -2.48. The average Bonchev–Trinajstić information content (AvgIpc) is 2.93. The van der Waals surface area contributed by atoms with Crippen LogP contribution in [0.15, 0.2) is 48.8 Å². The topological polar surface area (TPSA) is 70.6 Å². The summed E-state index contributed by atoms with van der Waals surface area (Å²) in [5, 5.41) is 3.51. The van der Waals surface area contributed by atoms with Crippen LogP contribution >= 0.6 is 11.6 Å². The lowest BCUT2D eigenvalue weighted by atomic mass is 9.99. The summed E-state index contributed by atoms with van der Waals surface area (Å²) in [6.07, 6.45) is 6.91. The van der Waals surface area contributed by atoms with Crippen LogP contribution in [0.3, 0.4) is 0 Å². The Balaban J connectivity index is 1.35. The predicted octanol–water partition coefficient (Wildman–Crippen LogP) is 6.13. The second kappa shape index (κ2) is 14.0. The number of piperidine rings is 1. The van der Waals surface area contributed by atoms with E-state index in [1.165, 1.54) is 16.8 Å². The van der Waals surface area contributed by atoms with Crippen molar-refractivity contribution in [2.45, 2.75) is 72.5 Å². The van der Waals surface area contributed by atoms with Gasteiger partial charge in [0.25, 0.3) is 5.91 Å². The highest BCUT2D eigenvalue weighted by atomic mass is 35.5. The summed E-state index contributed by atoms with van der Waals surface area (Å²) in [5.74, 6) is 0.818. The van der Waals surface area contributed by atoms with Gasteiger partial charge in [-0.1, -0.05) is 11.6 Å². The molecule has 1 N–H and O–H groups in total. The Morgan fingerprint density at radius 3 is 2.52 bits per heavy atom. The molecule has 3 heterocycles. The standard InChI is InChI=1S/C32H42ClN5O2/c1-6-40-29-9-7-27(8-10-29)38(21-26-20-34-15-11-22(26)2)28-13-17-37(18-14-28)24(4)12-16-35-32(39)31-23(3)19-30(33)36-25(31)5/h7-11,15,19-20,24,28H,6,12-14,16-18,21H2,1-5H3,(H,35,39). The Kier molecular flexibility index (Phi) is 10.4. The molecule has 1 fully saturated rings. The van der Waals surface area contributed by atoms with Gasteiger partial charge in [-0.3, -0.25) is 9.78 Å². The number of nitrogens with zero attached hydrogens (tertiary/aromatic N) is 4. The Bertz CT molecular complexity index is 1250. The number of carbonyl (C=O) groups is 1. The van der Waals surface area contributed by atoms with E-state index in [4.69, 9.17) is 16.3 Å². The minimum Gasteiger partial charge on any atom is -0.494 e. The van der Waals surface area contributed by atoms with Crippen molar-refractivity contribution in [3.63, 3.8) is 0 Å². The van der Waals surface area contributed by atoms with Gasteiger partial charge in [0.05, 0.1) is 17.9 Å². The van der Waals surface area contributed by atoms with Gasteiger partial charge in [0.15, 0.2) is 0 Å². The Labute approximate surface area is 243 Å². The number of rotatable bonds is 11. The quantitative estimate of drug-likeness (QED) is 0.283. The van der Waals surface area contributed by atoms with Gasteiger partial charge in [0, 0.05) is 56.3 Å². The molecular weight excluding hydrogens is 522 g/mol. The van der Waals surface area contributed by atoms with E-state index in [9.17, 15) is 4.79 Å². The molecule has 40 heavy (non-hydrogen) atoms. The molecule has 1 saturated heterocycles. The van der Waals surface area contributed by atoms with Crippen LogP contribution in [0.4, 0.5) is 5.69 Å². The fourth-order valence-corrected chi connectivity index (χ4v) is 5.90. The molecule has 0 radical (unpaired) electrons. The number of anilines is 1. The fourth-order valence-electron chi connectivity index (χ4n) is 5.61. The van der Waals surface area contributed by atoms with Crippen LogP contribution in [0.2, 0.25) is 5.15 Å². The van der Waals surface area contributed by atoms with Crippen molar-refractivity contribution in [3.05, 3.63) is 81.9 Å². The number of aryl methyl sites for hydroxylation is 3. The molecule has 1 aliphatic rings. The molecule has 1 aromatic carbocycles. The maximum absolute atomic E-state index is 12.8. The number of pyridine rings is 2. The van der Waals surface area contributed by atoms with E-state index < -0.39 is 0 Å². The van der Waals surface area contributed by atoms with Crippen LogP contribution in [0, 0.1) is 20.8 Å². The summed E-state index contributed by atoms with van der Waals surface area (Å²) in [7, 11) is 0. The summed E-state index contributed by atoms with van der Waals surface area (Å²) in [6, 6.07) is 13.1. The molecule has 0 bridgehead atoms. The molecule has 3 aromatic rings. The van der Waals surface area contributed by atoms with E-state index in [1.807, 2.05) is 33.2 Å². The minimum atomic E-state index is -0.0817. The molecule has 8 heteroatoms. The largest absolute Gasteiger partial charge is 0.494 e. The summed E-state index contributed by atoms with van der Waals surface area (Å²) >= 11 is 6.03. The van der Waals surface area contributed by atoms with Gasteiger partial charge in [-0.25, -0.2) is 4.98 Å². The fraction of sp³-hybridized carbons (Fsp3) is 0.469. The van der Waals surface area contributed by atoms with Crippen molar-refractivity contribution >= 4 is 23.2 Å². The third kappa shape index (κ3) is 7.52. The van der Waals surface area contributed by atoms with Gasteiger partial charge in [-0.2, -0.15) is 0 Å². The van der Waals surface area contributed by atoms with Crippen molar-refractivity contribution in [3.8, 4) is 5.75 Å². The molecule has 2 aromatic heterocycles. The first kappa shape index (κ1) is 29.8. The third-order valence-corrected chi connectivity index (χ3v) is 8.17. The number of nitrogens with one attached hydrogen (secondary N) is 1. The molecule has 4 rings (SSSR count). The van der Waals surface area contributed by atoms with E-state index in [0.29, 0.717) is 41.6 Å². The van der Waals surface area contributed by atoms with Crippen molar-refractivity contribution in [2.75, 3.05) is 31.1 Å². The molecular formula is C32H42ClN5O2. The summed E-state index contributed by atoms with van der Waals surface area (Å²) in [4.78, 5) is 26.5. The molecule has 7 nitrogen and oxygen atoms in total. The SMILES string of the molecule is CCOc1ccc(N(Cc2cnccc2C)C2CCN(C(C)CCNC(=O)c3c(C)cc(Cl)nc3C)CC2)cc1. The number of hydrogen-bond donors (Lipinski definition) is 1. The average molecular weight is 564 g/mol. The Morgan fingerprint density at radius 1 is 1.15 bits per heavy atom. The molecule has 1 atom stereocenters. The molecule has 0 spiro atoms. The number of hydrogen-bond acceptors (Lipinski definition) is 6. The lowest BCUT2D eigenvalue weighted by molar-refractivity contribution is 0.0943. The maximum atomic E-state index is 12.8. The number of likely N-dealkylation sites (tertiary alicyclic amines) is 1. The van der Waals surface area contributed by atoms with Crippen molar-refractivity contribution in [1.29, 1.82) is 0 Å². The highest BCUT2D eigenvalue weighted by Gasteiger charge is 2.28. The molecule has 1 unspecified atom stereocenters. The number of halogens is 1. The second-order valence-electron chi connectivity index (χ2n) is 10.7. The van der Waals surface area contributed by atoms with Crippen LogP contribution in [0.1, 0.15) is 65.9 Å². The summed E-state index contributed by atoms with van der Waals surface area (Å²) in [5.41, 5.74) is 5.86.